The van der Waals surface area contributed by atoms with Crippen molar-refractivity contribution in [2.45, 2.75) is 12.3 Å². The summed E-state index contributed by atoms with van der Waals surface area (Å²) in [4.78, 5) is 11.6. The van der Waals surface area contributed by atoms with Gasteiger partial charge in [0.1, 0.15) is 11.3 Å². The van der Waals surface area contributed by atoms with Crippen LogP contribution in [-0.2, 0) is 4.74 Å². The summed E-state index contributed by atoms with van der Waals surface area (Å²) in [5.41, 5.74) is 7.70. The number of ether oxygens (including phenoxy) is 2. The Labute approximate surface area is 93.3 Å². The molecule has 0 saturated heterocycles. The van der Waals surface area contributed by atoms with E-state index in [-0.39, 0.29) is 0 Å². The van der Waals surface area contributed by atoms with E-state index in [4.69, 9.17) is 15.2 Å². The molecular weight excluding hydrogens is 206 g/mol. The van der Waals surface area contributed by atoms with Gasteiger partial charge in [-0.15, -0.1) is 0 Å². The van der Waals surface area contributed by atoms with Crippen molar-refractivity contribution < 1.29 is 14.3 Å². The second kappa shape index (κ2) is 3.14. The molecule has 2 atom stereocenters. The molecule has 0 aromatic heterocycles. The van der Waals surface area contributed by atoms with Crippen molar-refractivity contribution in [3.63, 3.8) is 0 Å². The minimum atomic E-state index is -0.423. The fourth-order valence-corrected chi connectivity index (χ4v) is 2.38. The number of fused-ring (bicyclic) bond motifs is 3. The van der Waals surface area contributed by atoms with Crippen LogP contribution in [0.15, 0.2) is 12.1 Å². The first-order chi connectivity index (χ1) is 7.72. The summed E-state index contributed by atoms with van der Waals surface area (Å²) in [6, 6.07) is 3.72. The number of anilines is 1. The number of carbonyl (C=O) groups is 1. The maximum Gasteiger partial charge on any atom is 0.343 e. The molecule has 3 rings (SSSR count). The Hall–Kier alpha value is -1.71. The van der Waals surface area contributed by atoms with E-state index in [0.717, 1.165) is 12.0 Å². The number of hydrogen-bond donors (Lipinski definition) is 1. The molecule has 0 radical (unpaired) electrons. The van der Waals surface area contributed by atoms with E-state index in [9.17, 15) is 4.79 Å². The van der Waals surface area contributed by atoms with Gasteiger partial charge in [0.25, 0.3) is 0 Å². The molecule has 1 saturated carbocycles. The molecule has 0 amide bonds. The zero-order chi connectivity index (χ0) is 11.3. The minimum Gasteiger partial charge on any atom is -0.492 e. The third kappa shape index (κ3) is 1.19. The highest BCUT2D eigenvalue weighted by Gasteiger charge is 2.45. The highest BCUT2D eigenvalue weighted by atomic mass is 16.5. The second-order valence-corrected chi connectivity index (χ2v) is 4.35. The maximum absolute atomic E-state index is 11.6. The third-order valence-corrected chi connectivity index (χ3v) is 3.37. The standard InChI is InChI=1S/C12H13NO3/c1-15-12(14)10-9(13)3-2-7-8-4-6(8)5-16-11(7)10/h2-3,6,8H,4-5,13H2,1H3/t6-,8+/m0/s1. The first-order valence-corrected chi connectivity index (χ1v) is 5.36. The van der Waals surface area contributed by atoms with Crippen LogP contribution in [0.4, 0.5) is 5.69 Å². The molecule has 1 fully saturated rings. The fourth-order valence-electron chi connectivity index (χ4n) is 2.38. The van der Waals surface area contributed by atoms with Crippen molar-refractivity contribution in [2.75, 3.05) is 19.5 Å². The second-order valence-electron chi connectivity index (χ2n) is 4.35. The van der Waals surface area contributed by atoms with E-state index in [1.54, 1.807) is 6.07 Å². The van der Waals surface area contributed by atoms with Gasteiger partial charge >= 0.3 is 5.97 Å². The zero-order valence-corrected chi connectivity index (χ0v) is 9.03. The summed E-state index contributed by atoms with van der Waals surface area (Å²) >= 11 is 0. The number of methoxy groups -OCH3 is 1. The van der Waals surface area contributed by atoms with Crippen LogP contribution in [0.25, 0.3) is 0 Å². The molecule has 1 aliphatic carbocycles. The van der Waals surface area contributed by atoms with Crippen molar-refractivity contribution in [2.24, 2.45) is 5.92 Å². The Morgan fingerprint density at radius 3 is 3.12 bits per heavy atom. The Morgan fingerprint density at radius 1 is 1.56 bits per heavy atom. The monoisotopic (exact) mass is 219 g/mol. The lowest BCUT2D eigenvalue weighted by Crippen LogP contribution is -2.15. The molecule has 16 heavy (non-hydrogen) atoms. The number of nitrogens with two attached hydrogens (primary N) is 1. The van der Waals surface area contributed by atoms with Crippen LogP contribution >= 0.6 is 0 Å². The number of benzene rings is 1. The average molecular weight is 219 g/mol. The molecular formula is C12H13NO3. The fraction of sp³-hybridized carbons (Fsp3) is 0.417. The maximum atomic E-state index is 11.6. The van der Waals surface area contributed by atoms with E-state index in [1.807, 2.05) is 6.07 Å². The lowest BCUT2D eigenvalue weighted by Gasteiger charge is -2.20. The van der Waals surface area contributed by atoms with Crippen LogP contribution < -0.4 is 10.5 Å². The summed E-state index contributed by atoms with van der Waals surface area (Å²) in [7, 11) is 1.35. The Kier molecular flexibility index (Phi) is 1.87. The smallest absolute Gasteiger partial charge is 0.343 e. The van der Waals surface area contributed by atoms with Gasteiger partial charge in [0.05, 0.1) is 13.7 Å². The van der Waals surface area contributed by atoms with E-state index < -0.39 is 5.97 Å². The molecule has 1 aromatic carbocycles. The molecule has 0 bridgehead atoms. The Morgan fingerprint density at radius 2 is 2.38 bits per heavy atom. The predicted octanol–water partition coefficient (Wildman–Crippen LogP) is 1.55. The summed E-state index contributed by atoms with van der Waals surface area (Å²) in [6.45, 7) is 0.686. The van der Waals surface area contributed by atoms with Crippen molar-refractivity contribution >= 4 is 11.7 Å². The van der Waals surface area contributed by atoms with Crippen molar-refractivity contribution in [3.05, 3.63) is 23.3 Å². The van der Waals surface area contributed by atoms with Crippen LogP contribution in [-0.4, -0.2) is 19.7 Å². The van der Waals surface area contributed by atoms with Crippen LogP contribution in [0.5, 0.6) is 5.75 Å². The first kappa shape index (κ1) is 9.51. The van der Waals surface area contributed by atoms with Gasteiger partial charge in [0.15, 0.2) is 0 Å². The van der Waals surface area contributed by atoms with Gasteiger partial charge in [-0.1, -0.05) is 6.07 Å². The van der Waals surface area contributed by atoms with E-state index in [0.29, 0.717) is 35.4 Å². The molecule has 84 valence electrons. The first-order valence-electron chi connectivity index (χ1n) is 5.36. The quantitative estimate of drug-likeness (QED) is 0.575. The molecule has 2 N–H and O–H groups in total. The van der Waals surface area contributed by atoms with Gasteiger partial charge in [-0.25, -0.2) is 4.79 Å². The molecule has 4 heteroatoms. The molecule has 4 nitrogen and oxygen atoms in total. The summed E-state index contributed by atoms with van der Waals surface area (Å²) < 4.78 is 10.4. The van der Waals surface area contributed by atoms with Crippen molar-refractivity contribution in [1.82, 2.24) is 0 Å². The van der Waals surface area contributed by atoms with Crippen molar-refractivity contribution in [1.29, 1.82) is 0 Å². The normalized spacial score (nSPS) is 25.1. The van der Waals surface area contributed by atoms with Gasteiger partial charge in [0.2, 0.25) is 0 Å². The summed E-state index contributed by atoms with van der Waals surface area (Å²) in [6.07, 6.45) is 1.15. The highest BCUT2D eigenvalue weighted by molar-refractivity contribution is 5.98. The molecule has 0 spiro atoms. The van der Waals surface area contributed by atoms with Gasteiger partial charge in [0, 0.05) is 11.6 Å². The van der Waals surface area contributed by atoms with Crippen molar-refractivity contribution in [3.8, 4) is 5.75 Å². The average Bonchev–Trinajstić information content (AvgIpc) is 3.06. The van der Waals surface area contributed by atoms with Gasteiger partial charge in [-0.2, -0.15) is 0 Å². The highest BCUT2D eigenvalue weighted by Crippen LogP contribution is 2.55. The van der Waals surface area contributed by atoms with E-state index in [2.05, 4.69) is 0 Å². The number of esters is 1. The van der Waals surface area contributed by atoms with E-state index >= 15 is 0 Å². The Balaban J connectivity index is 2.15. The molecule has 1 aromatic rings. The van der Waals surface area contributed by atoms with Crippen LogP contribution in [0, 0.1) is 5.92 Å². The van der Waals surface area contributed by atoms with Gasteiger partial charge in [-0.3, -0.25) is 0 Å². The van der Waals surface area contributed by atoms with Gasteiger partial charge < -0.3 is 15.2 Å². The van der Waals surface area contributed by atoms with Crippen LogP contribution in [0.2, 0.25) is 0 Å². The molecule has 2 aliphatic rings. The molecule has 0 unspecified atom stereocenters. The lowest BCUT2D eigenvalue weighted by atomic mass is 10.0. The van der Waals surface area contributed by atoms with Crippen LogP contribution in [0.3, 0.4) is 0 Å². The third-order valence-electron chi connectivity index (χ3n) is 3.37. The number of carbonyl (C=O) groups excluding carboxylic acids is 1. The van der Waals surface area contributed by atoms with Crippen LogP contribution in [0.1, 0.15) is 28.3 Å². The summed E-state index contributed by atoms with van der Waals surface area (Å²) in [5, 5.41) is 0. The lowest BCUT2D eigenvalue weighted by molar-refractivity contribution is 0.0596. The number of rotatable bonds is 1. The zero-order valence-electron chi connectivity index (χ0n) is 9.03. The Bertz CT molecular complexity index is 470. The largest absolute Gasteiger partial charge is 0.492 e. The molecule has 1 heterocycles. The minimum absolute atomic E-state index is 0.380. The SMILES string of the molecule is COC(=O)c1c(N)ccc2c1OC[C@@H]1C[C@@H]21. The topological polar surface area (TPSA) is 61.5 Å². The molecule has 1 aliphatic heterocycles. The van der Waals surface area contributed by atoms with E-state index in [1.165, 1.54) is 7.11 Å². The van der Waals surface area contributed by atoms with Gasteiger partial charge in [-0.05, 0) is 24.0 Å². The predicted molar refractivity (Wildman–Crippen MR) is 58.5 cm³/mol. The number of hydrogen-bond acceptors (Lipinski definition) is 4. The number of nitrogen functional groups attached to an aromatic ring is 1. The summed E-state index contributed by atoms with van der Waals surface area (Å²) in [5.74, 6) is 1.38.